The van der Waals surface area contributed by atoms with E-state index in [2.05, 4.69) is 10.3 Å². The minimum atomic E-state index is -3.96. The Labute approximate surface area is 242 Å². The van der Waals surface area contributed by atoms with Crippen LogP contribution in [0.2, 0.25) is 0 Å². The van der Waals surface area contributed by atoms with Crippen LogP contribution in [0.3, 0.4) is 0 Å². The van der Waals surface area contributed by atoms with Crippen LogP contribution in [0.4, 0.5) is 9.52 Å². The second-order valence-corrected chi connectivity index (χ2v) is 11.8. The van der Waals surface area contributed by atoms with Gasteiger partial charge in [0.15, 0.2) is 10.9 Å². The van der Waals surface area contributed by atoms with Gasteiger partial charge in [0.1, 0.15) is 16.4 Å². The Kier molecular flexibility index (Phi) is 9.93. The van der Waals surface area contributed by atoms with Gasteiger partial charge < -0.3 is 23.8 Å². The van der Waals surface area contributed by atoms with Gasteiger partial charge in [0.05, 0.1) is 42.5 Å². The molecule has 1 unspecified atom stereocenters. The third kappa shape index (κ3) is 6.84. The second kappa shape index (κ2) is 13.4. The van der Waals surface area contributed by atoms with Crippen molar-refractivity contribution in [3.63, 3.8) is 0 Å². The Morgan fingerprint density at radius 2 is 1.66 bits per heavy atom. The maximum atomic E-state index is 14.4. The van der Waals surface area contributed by atoms with Crippen molar-refractivity contribution in [2.75, 3.05) is 25.1 Å². The van der Waals surface area contributed by atoms with Gasteiger partial charge in [-0.3, -0.25) is 4.57 Å². The molecular weight excluding hydrogens is 570 g/mol. The van der Waals surface area contributed by atoms with Crippen LogP contribution in [0, 0.1) is 19.7 Å². The lowest BCUT2D eigenvalue weighted by atomic mass is 10.2. The van der Waals surface area contributed by atoms with E-state index >= 15 is 0 Å². The molecule has 0 saturated heterocycles. The summed E-state index contributed by atoms with van der Waals surface area (Å²) in [5.41, 5.74) is 1.99. The Morgan fingerprint density at radius 1 is 1.00 bits per heavy atom. The SMILES string of the molecule is CCOC(=O)c1sc(NC(c2c(C)nn(-c3ccccc3)c2Oc2ccc(F)cc2)P(=O)(OCC)OCC)nc1C. The van der Waals surface area contributed by atoms with E-state index in [0.717, 1.165) is 11.3 Å². The number of halogens is 1. The smallest absolute Gasteiger partial charge is 0.357 e. The molecule has 1 N–H and O–H groups in total. The van der Waals surface area contributed by atoms with E-state index in [4.69, 9.17) is 23.6 Å². The molecule has 218 valence electrons. The van der Waals surface area contributed by atoms with Crippen molar-refractivity contribution < 1.29 is 32.3 Å². The largest absolute Gasteiger partial charge is 0.462 e. The molecule has 0 aliphatic carbocycles. The molecule has 0 fully saturated rings. The first-order valence-electron chi connectivity index (χ1n) is 13.1. The number of nitrogens with one attached hydrogen (secondary N) is 1. The number of aryl methyl sites for hydroxylation is 2. The zero-order valence-electron chi connectivity index (χ0n) is 23.4. The number of nitrogens with zero attached hydrogens (tertiary/aromatic N) is 3. The van der Waals surface area contributed by atoms with Gasteiger partial charge in [0, 0.05) is 0 Å². The maximum Gasteiger partial charge on any atom is 0.357 e. The molecule has 10 nitrogen and oxygen atoms in total. The number of carbonyl (C=O) groups excluding carboxylic acids is 1. The molecule has 1 atom stereocenters. The number of anilines is 1. The van der Waals surface area contributed by atoms with E-state index in [-0.39, 0.29) is 25.7 Å². The van der Waals surface area contributed by atoms with Crippen molar-refractivity contribution in [1.29, 1.82) is 0 Å². The third-order valence-corrected chi connectivity index (χ3v) is 9.14. The molecule has 0 saturated carbocycles. The fourth-order valence-corrected chi connectivity index (χ4v) is 7.07. The van der Waals surface area contributed by atoms with Gasteiger partial charge in [-0.15, -0.1) is 0 Å². The van der Waals surface area contributed by atoms with Gasteiger partial charge in [-0.2, -0.15) is 5.10 Å². The number of esters is 1. The minimum Gasteiger partial charge on any atom is -0.462 e. The number of benzene rings is 2. The van der Waals surface area contributed by atoms with Crippen molar-refractivity contribution in [3.8, 4) is 17.3 Å². The van der Waals surface area contributed by atoms with E-state index in [1.54, 1.807) is 39.3 Å². The summed E-state index contributed by atoms with van der Waals surface area (Å²) in [6, 6.07) is 14.8. The average molecular weight is 603 g/mol. The van der Waals surface area contributed by atoms with E-state index in [1.807, 2.05) is 30.3 Å². The summed E-state index contributed by atoms with van der Waals surface area (Å²) < 4.78 is 52.7. The minimum absolute atomic E-state index is 0.0977. The third-order valence-electron chi connectivity index (χ3n) is 5.82. The second-order valence-electron chi connectivity index (χ2n) is 8.68. The monoisotopic (exact) mass is 602 g/mol. The summed E-state index contributed by atoms with van der Waals surface area (Å²) in [6.07, 6.45) is 0. The molecule has 0 aliphatic heterocycles. The number of carbonyl (C=O) groups is 1. The fraction of sp³-hybridized carbons (Fsp3) is 0.321. The lowest BCUT2D eigenvalue weighted by Gasteiger charge is -2.27. The number of ether oxygens (including phenoxy) is 2. The van der Waals surface area contributed by atoms with Gasteiger partial charge in [0.25, 0.3) is 0 Å². The molecule has 2 aromatic carbocycles. The molecule has 0 amide bonds. The highest BCUT2D eigenvalue weighted by molar-refractivity contribution is 7.54. The number of rotatable bonds is 13. The quantitative estimate of drug-likeness (QED) is 0.123. The molecule has 2 aromatic heterocycles. The van der Waals surface area contributed by atoms with Crippen molar-refractivity contribution in [3.05, 3.63) is 82.2 Å². The predicted molar refractivity (Wildman–Crippen MR) is 155 cm³/mol. The summed E-state index contributed by atoms with van der Waals surface area (Å²) in [5, 5.41) is 8.22. The zero-order valence-corrected chi connectivity index (χ0v) is 25.1. The number of para-hydroxylation sites is 1. The Balaban J connectivity index is 1.91. The van der Waals surface area contributed by atoms with Crippen molar-refractivity contribution in [2.45, 2.75) is 40.4 Å². The molecule has 4 rings (SSSR count). The van der Waals surface area contributed by atoms with Gasteiger partial charge in [-0.25, -0.2) is 18.9 Å². The van der Waals surface area contributed by atoms with Gasteiger partial charge in [-0.1, -0.05) is 29.5 Å². The van der Waals surface area contributed by atoms with Crippen molar-refractivity contribution >= 4 is 30.0 Å². The highest BCUT2D eigenvalue weighted by Gasteiger charge is 2.43. The van der Waals surface area contributed by atoms with Crippen LogP contribution in [0.15, 0.2) is 54.6 Å². The molecule has 13 heteroatoms. The van der Waals surface area contributed by atoms with Crippen molar-refractivity contribution in [1.82, 2.24) is 14.8 Å². The highest BCUT2D eigenvalue weighted by Crippen LogP contribution is 2.63. The number of hydrogen-bond donors (Lipinski definition) is 1. The van der Waals surface area contributed by atoms with Crippen LogP contribution in [-0.4, -0.2) is 40.6 Å². The van der Waals surface area contributed by atoms with Crippen molar-refractivity contribution in [2.24, 2.45) is 0 Å². The normalized spacial score (nSPS) is 12.2. The summed E-state index contributed by atoms with van der Waals surface area (Å²) in [7, 11) is -3.96. The van der Waals surface area contributed by atoms with Crippen LogP contribution in [-0.2, 0) is 18.3 Å². The lowest BCUT2D eigenvalue weighted by Crippen LogP contribution is -2.16. The van der Waals surface area contributed by atoms with Gasteiger partial charge in [0.2, 0.25) is 5.88 Å². The Hall–Kier alpha value is -3.57. The average Bonchev–Trinajstić information content (AvgIpc) is 3.48. The first-order chi connectivity index (χ1) is 19.7. The fourth-order valence-electron chi connectivity index (χ4n) is 4.11. The number of thiazole rings is 1. The standard InChI is InChI=1S/C28H32FN4O6PS/c1-6-36-27(34)24-19(5)30-28(41-24)31-25(40(35,37-7-2)38-8-3)23-18(4)32-33(21-12-10-9-11-13-21)26(23)39-22-16-14-20(29)15-17-22/h9-17,25H,6-8H2,1-5H3,(H,30,31). The first-order valence-corrected chi connectivity index (χ1v) is 15.5. The topological polar surface area (TPSA) is 114 Å². The van der Waals surface area contributed by atoms with Gasteiger partial charge >= 0.3 is 13.6 Å². The van der Waals surface area contributed by atoms with E-state index < -0.39 is 25.2 Å². The first kappa shape index (κ1) is 30.4. The number of aromatic nitrogens is 3. The van der Waals surface area contributed by atoms with Crippen LogP contribution in [0.5, 0.6) is 11.6 Å². The molecule has 41 heavy (non-hydrogen) atoms. The number of hydrogen-bond acceptors (Lipinski definition) is 10. The molecule has 4 aromatic rings. The van der Waals surface area contributed by atoms with E-state index in [9.17, 15) is 13.8 Å². The van der Waals surface area contributed by atoms with Gasteiger partial charge in [-0.05, 0) is 71.0 Å². The lowest BCUT2D eigenvalue weighted by molar-refractivity contribution is 0.0531. The Bertz CT molecular complexity index is 1520. The maximum absolute atomic E-state index is 14.4. The van der Waals surface area contributed by atoms with Crippen LogP contribution >= 0.6 is 18.9 Å². The molecule has 0 spiro atoms. The summed E-state index contributed by atoms with van der Waals surface area (Å²) in [5.74, 6) is -1.51. The molecular formula is C28H32FN4O6PS. The zero-order chi connectivity index (χ0) is 29.6. The van der Waals surface area contributed by atoms with Crippen LogP contribution in [0.1, 0.15) is 53.2 Å². The molecule has 0 bridgehead atoms. The van der Waals surface area contributed by atoms with E-state index in [1.165, 1.54) is 24.3 Å². The molecule has 2 heterocycles. The van der Waals surface area contributed by atoms with Crippen LogP contribution < -0.4 is 10.1 Å². The van der Waals surface area contributed by atoms with Crippen LogP contribution in [0.25, 0.3) is 5.69 Å². The summed E-state index contributed by atoms with van der Waals surface area (Å²) in [4.78, 5) is 17.3. The summed E-state index contributed by atoms with van der Waals surface area (Å²) in [6.45, 7) is 9.00. The highest BCUT2D eigenvalue weighted by atomic mass is 32.1. The Morgan fingerprint density at radius 3 is 2.27 bits per heavy atom. The molecule has 0 aliphatic rings. The molecule has 0 radical (unpaired) electrons. The summed E-state index contributed by atoms with van der Waals surface area (Å²) >= 11 is 1.06. The predicted octanol–water partition coefficient (Wildman–Crippen LogP) is 7.43. The van der Waals surface area contributed by atoms with E-state index in [0.29, 0.717) is 38.4 Å².